The van der Waals surface area contributed by atoms with E-state index in [9.17, 15) is 0 Å². The summed E-state index contributed by atoms with van der Waals surface area (Å²) in [4.78, 5) is 0. The summed E-state index contributed by atoms with van der Waals surface area (Å²) in [5.41, 5.74) is 1.23. The van der Waals surface area contributed by atoms with E-state index in [1.165, 1.54) is 5.56 Å². The van der Waals surface area contributed by atoms with Crippen molar-refractivity contribution in [3.05, 3.63) is 29.8 Å². The molecule has 0 bridgehead atoms. The molecule has 1 N–H and O–H groups in total. The summed E-state index contributed by atoms with van der Waals surface area (Å²) in [6.07, 6.45) is 0. The molecule has 1 fully saturated rings. The highest BCUT2D eigenvalue weighted by Crippen LogP contribution is 2.20. The van der Waals surface area contributed by atoms with Gasteiger partial charge in [0.25, 0.3) is 0 Å². The zero-order chi connectivity index (χ0) is 9.80. The van der Waals surface area contributed by atoms with Gasteiger partial charge in [0.1, 0.15) is 5.75 Å². The van der Waals surface area contributed by atoms with Crippen LogP contribution in [0.5, 0.6) is 5.75 Å². The minimum Gasteiger partial charge on any atom is -0.497 e. The SMILES string of the molecule is COc1cccc([C@@H]2COCCN2)c1.Cl. The minimum absolute atomic E-state index is 0. The normalized spacial score (nSPS) is 20.5. The Labute approximate surface area is 96.2 Å². The fraction of sp³-hybridized carbons (Fsp3) is 0.455. The molecule has 2 rings (SSSR count). The molecule has 15 heavy (non-hydrogen) atoms. The smallest absolute Gasteiger partial charge is 0.119 e. The van der Waals surface area contributed by atoms with Crippen molar-refractivity contribution >= 4 is 12.4 Å². The van der Waals surface area contributed by atoms with E-state index >= 15 is 0 Å². The van der Waals surface area contributed by atoms with Gasteiger partial charge in [-0.25, -0.2) is 0 Å². The Morgan fingerprint density at radius 1 is 1.47 bits per heavy atom. The van der Waals surface area contributed by atoms with Gasteiger partial charge in [0.2, 0.25) is 0 Å². The molecule has 1 aliphatic rings. The Kier molecular flexibility index (Phi) is 4.88. The van der Waals surface area contributed by atoms with Crippen molar-refractivity contribution < 1.29 is 9.47 Å². The van der Waals surface area contributed by atoms with E-state index in [-0.39, 0.29) is 12.4 Å². The Bertz CT molecular complexity index is 300. The number of hydrogen-bond donors (Lipinski definition) is 1. The quantitative estimate of drug-likeness (QED) is 0.839. The number of ether oxygens (including phenoxy) is 2. The average Bonchev–Trinajstić information content (AvgIpc) is 2.30. The largest absolute Gasteiger partial charge is 0.497 e. The molecule has 0 spiro atoms. The molecule has 4 heteroatoms. The van der Waals surface area contributed by atoms with E-state index in [0.29, 0.717) is 6.04 Å². The first-order chi connectivity index (χ1) is 6.90. The molecule has 0 amide bonds. The van der Waals surface area contributed by atoms with E-state index in [2.05, 4.69) is 11.4 Å². The zero-order valence-electron chi connectivity index (χ0n) is 8.73. The maximum atomic E-state index is 5.41. The van der Waals surface area contributed by atoms with Crippen LogP contribution in [0.25, 0.3) is 0 Å². The predicted octanol–water partition coefficient (Wildman–Crippen LogP) is 1.78. The summed E-state index contributed by atoms with van der Waals surface area (Å²) in [5.74, 6) is 0.898. The molecular formula is C11H16ClNO2. The van der Waals surface area contributed by atoms with Crippen LogP contribution >= 0.6 is 12.4 Å². The van der Waals surface area contributed by atoms with Crippen LogP contribution in [0.4, 0.5) is 0 Å². The molecule has 1 saturated heterocycles. The lowest BCUT2D eigenvalue weighted by atomic mass is 10.1. The number of rotatable bonds is 2. The highest BCUT2D eigenvalue weighted by atomic mass is 35.5. The van der Waals surface area contributed by atoms with Gasteiger partial charge in [0.05, 0.1) is 26.4 Å². The summed E-state index contributed by atoms with van der Waals surface area (Å²) >= 11 is 0. The first-order valence-electron chi connectivity index (χ1n) is 4.85. The average molecular weight is 230 g/mol. The molecule has 1 aromatic carbocycles. The van der Waals surface area contributed by atoms with E-state index in [4.69, 9.17) is 9.47 Å². The Balaban J connectivity index is 0.00000112. The molecule has 0 aromatic heterocycles. The van der Waals surface area contributed by atoms with Crippen LogP contribution in [0.2, 0.25) is 0 Å². The lowest BCUT2D eigenvalue weighted by Crippen LogP contribution is -2.34. The second-order valence-corrected chi connectivity index (χ2v) is 3.36. The summed E-state index contributed by atoms with van der Waals surface area (Å²) in [7, 11) is 1.68. The molecule has 84 valence electrons. The van der Waals surface area contributed by atoms with Gasteiger partial charge in [-0.2, -0.15) is 0 Å². The van der Waals surface area contributed by atoms with Crippen molar-refractivity contribution in [3.8, 4) is 5.75 Å². The molecule has 0 saturated carbocycles. The lowest BCUT2D eigenvalue weighted by molar-refractivity contribution is 0.0768. The zero-order valence-corrected chi connectivity index (χ0v) is 9.55. The van der Waals surface area contributed by atoms with Gasteiger partial charge >= 0.3 is 0 Å². The molecule has 0 radical (unpaired) electrons. The van der Waals surface area contributed by atoms with Gasteiger partial charge in [-0.15, -0.1) is 12.4 Å². The number of morpholine rings is 1. The van der Waals surface area contributed by atoms with Gasteiger partial charge in [-0.3, -0.25) is 0 Å². The summed E-state index contributed by atoms with van der Waals surface area (Å²) in [6, 6.07) is 8.40. The molecule has 3 nitrogen and oxygen atoms in total. The maximum Gasteiger partial charge on any atom is 0.119 e. The molecule has 1 heterocycles. The molecule has 1 atom stereocenters. The topological polar surface area (TPSA) is 30.5 Å². The fourth-order valence-electron chi connectivity index (χ4n) is 1.64. The van der Waals surface area contributed by atoms with E-state index in [0.717, 1.165) is 25.5 Å². The molecule has 1 aliphatic heterocycles. The van der Waals surface area contributed by atoms with Gasteiger partial charge in [0, 0.05) is 6.54 Å². The highest BCUT2D eigenvalue weighted by Gasteiger charge is 2.14. The van der Waals surface area contributed by atoms with Crippen LogP contribution in [0.15, 0.2) is 24.3 Å². The van der Waals surface area contributed by atoms with Crippen LogP contribution in [-0.4, -0.2) is 26.9 Å². The number of methoxy groups -OCH3 is 1. The summed E-state index contributed by atoms with van der Waals surface area (Å²) in [5, 5.41) is 3.41. The Morgan fingerprint density at radius 3 is 3.00 bits per heavy atom. The van der Waals surface area contributed by atoms with Crippen molar-refractivity contribution in [2.45, 2.75) is 6.04 Å². The lowest BCUT2D eigenvalue weighted by Gasteiger charge is -2.24. The Morgan fingerprint density at radius 2 is 2.33 bits per heavy atom. The Hall–Kier alpha value is -0.770. The third-order valence-corrected chi connectivity index (χ3v) is 2.42. The predicted molar refractivity (Wildman–Crippen MR) is 61.8 cm³/mol. The van der Waals surface area contributed by atoms with Gasteiger partial charge in [-0.05, 0) is 17.7 Å². The van der Waals surface area contributed by atoms with Crippen molar-refractivity contribution in [3.63, 3.8) is 0 Å². The third-order valence-electron chi connectivity index (χ3n) is 2.42. The fourth-order valence-corrected chi connectivity index (χ4v) is 1.64. The monoisotopic (exact) mass is 229 g/mol. The van der Waals surface area contributed by atoms with Crippen LogP contribution in [0.1, 0.15) is 11.6 Å². The van der Waals surface area contributed by atoms with E-state index in [1.54, 1.807) is 7.11 Å². The molecular weight excluding hydrogens is 214 g/mol. The van der Waals surface area contributed by atoms with Crippen molar-refractivity contribution in [1.82, 2.24) is 5.32 Å². The maximum absolute atomic E-state index is 5.41. The van der Waals surface area contributed by atoms with E-state index in [1.807, 2.05) is 18.2 Å². The van der Waals surface area contributed by atoms with Crippen LogP contribution in [-0.2, 0) is 4.74 Å². The van der Waals surface area contributed by atoms with E-state index < -0.39 is 0 Å². The van der Waals surface area contributed by atoms with Crippen LogP contribution < -0.4 is 10.1 Å². The second-order valence-electron chi connectivity index (χ2n) is 3.36. The summed E-state index contributed by atoms with van der Waals surface area (Å²) < 4.78 is 10.6. The number of hydrogen-bond acceptors (Lipinski definition) is 3. The first-order valence-corrected chi connectivity index (χ1v) is 4.85. The van der Waals surface area contributed by atoms with Gasteiger partial charge in [0.15, 0.2) is 0 Å². The standard InChI is InChI=1S/C11H15NO2.ClH/c1-13-10-4-2-3-9(7-10)11-8-14-6-5-12-11;/h2-4,7,11-12H,5-6,8H2,1H3;1H/t11-;/m0./s1. The van der Waals surface area contributed by atoms with Gasteiger partial charge in [-0.1, -0.05) is 12.1 Å². The third kappa shape index (κ3) is 3.09. The summed E-state index contributed by atoms with van der Waals surface area (Å²) in [6.45, 7) is 2.47. The molecule has 0 unspecified atom stereocenters. The van der Waals surface area contributed by atoms with Crippen molar-refractivity contribution in [2.75, 3.05) is 26.9 Å². The van der Waals surface area contributed by atoms with Crippen LogP contribution in [0, 0.1) is 0 Å². The van der Waals surface area contributed by atoms with Crippen molar-refractivity contribution in [1.29, 1.82) is 0 Å². The highest BCUT2D eigenvalue weighted by molar-refractivity contribution is 5.85. The van der Waals surface area contributed by atoms with Crippen molar-refractivity contribution in [2.24, 2.45) is 0 Å². The molecule has 0 aliphatic carbocycles. The number of nitrogens with one attached hydrogen (secondary N) is 1. The minimum atomic E-state index is 0. The second kappa shape index (κ2) is 5.95. The number of benzene rings is 1. The molecule has 1 aromatic rings. The first kappa shape index (κ1) is 12.3. The van der Waals surface area contributed by atoms with Crippen LogP contribution in [0.3, 0.4) is 0 Å². The van der Waals surface area contributed by atoms with Gasteiger partial charge < -0.3 is 14.8 Å². The number of halogens is 1.